The molecule has 0 aliphatic heterocycles. The maximum Gasteiger partial charge on any atom is 0.121 e. The number of hydrogen-bond acceptors (Lipinski definition) is 2. The molecule has 0 saturated heterocycles. The second-order valence-corrected chi connectivity index (χ2v) is 4.26. The van der Waals surface area contributed by atoms with Crippen molar-refractivity contribution < 1.29 is 4.74 Å². The highest BCUT2D eigenvalue weighted by Crippen LogP contribution is 2.30. The fourth-order valence-electron chi connectivity index (χ4n) is 1.53. The van der Waals surface area contributed by atoms with Crippen LogP contribution in [0.1, 0.15) is 38.2 Å². The van der Waals surface area contributed by atoms with Gasteiger partial charge in [-0.15, -0.1) is 0 Å². The molecule has 2 N–H and O–H groups in total. The molecule has 1 aromatic carbocycles. The lowest BCUT2D eigenvalue weighted by atomic mass is 10.0. The molecule has 0 atom stereocenters. The standard InChI is InChI=1S/C12H17NO/c1-8(2)11-6-5-10(7-12(11)13)14-9-3-4-9/h5-9H,3-4,13H2,1-2H3. The van der Waals surface area contributed by atoms with Crippen LogP contribution in [-0.2, 0) is 0 Å². The Labute approximate surface area is 85.1 Å². The minimum absolute atomic E-state index is 0.444. The van der Waals surface area contributed by atoms with Crippen molar-refractivity contribution in [1.82, 2.24) is 0 Å². The number of rotatable bonds is 3. The lowest BCUT2D eigenvalue weighted by Gasteiger charge is -2.11. The molecule has 0 aromatic heterocycles. The molecule has 0 spiro atoms. The summed E-state index contributed by atoms with van der Waals surface area (Å²) in [6.07, 6.45) is 2.82. The van der Waals surface area contributed by atoms with Crippen molar-refractivity contribution in [3.05, 3.63) is 23.8 Å². The van der Waals surface area contributed by atoms with E-state index >= 15 is 0 Å². The van der Waals surface area contributed by atoms with Gasteiger partial charge in [-0.1, -0.05) is 19.9 Å². The van der Waals surface area contributed by atoms with Crippen LogP contribution in [0.25, 0.3) is 0 Å². The Balaban J connectivity index is 2.16. The first-order valence-electron chi connectivity index (χ1n) is 5.23. The quantitative estimate of drug-likeness (QED) is 0.745. The molecule has 0 unspecified atom stereocenters. The van der Waals surface area contributed by atoms with E-state index in [1.165, 1.54) is 18.4 Å². The summed E-state index contributed by atoms with van der Waals surface area (Å²) in [5.41, 5.74) is 7.99. The summed E-state index contributed by atoms with van der Waals surface area (Å²) in [5, 5.41) is 0. The molecule has 0 radical (unpaired) electrons. The van der Waals surface area contributed by atoms with Gasteiger partial charge in [-0.3, -0.25) is 0 Å². The van der Waals surface area contributed by atoms with Crippen molar-refractivity contribution in [2.24, 2.45) is 0 Å². The van der Waals surface area contributed by atoms with Gasteiger partial charge in [-0.25, -0.2) is 0 Å². The van der Waals surface area contributed by atoms with Crippen LogP contribution in [-0.4, -0.2) is 6.10 Å². The predicted molar refractivity (Wildman–Crippen MR) is 58.6 cm³/mol. The van der Waals surface area contributed by atoms with Crippen LogP contribution in [0.15, 0.2) is 18.2 Å². The fourth-order valence-corrected chi connectivity index (χ4v) is 1.53. The van der Waals surface area contributed by atoms with E-state index in [1.54, 1.807) is 0 Å². The summed E-state index contributed by atoms with van der Waals surface area (Å²) in [4.78, 5) is 0. The van der Waals surface area contributed by atoms with Crippen LogP contribution in [0.3, 0.4) is 0 Å². The molecule has 2 rings (SSSR count). The highest BCUT2D eigenvalue weighted by Gasteiger charge is 2.23. The molecular formula is C12H17NO. The zero-order valence-electron chi connectivity index (χ0n) is 8.79. The van der Waals surface area contributed by atoms with Crippen LogP contribution in [0.2, 0.25) is 0 Å². The van der Waals surface area contributed by atoms with Crippen molar-refractivity contribution in [2.45, 2.75) is 38.7 Å². The summed E-state index contributed by atoms with van der Waals surface area (Å²) < 4.78 is 5.66. The summed E-state index contributed by atoms with van der Waals surface area (Å²) in [6, 6.07) is 6.02. The van der Waals surface area contributed by atoms with E-state index in [4.69, 9.17) is 10.5 Å². The van der Waals surface area contributed by atoms with Gasteiger partial charge in [0.2, 0.25) is 0 Å². The van der Waals surface area contributed by atoms with E-state index in [0.717, 1.165) is 11.4 Å². The third-order valence-electron chi connectivity index (χ3n) is 2.51. The van der Waals surface area contributed by atoms with Gasteiger partial charge in [0.25, 0.3) is 0 Å². The molecule has 1 saturated carbocycles. The number of hydrogen-bond donors (Lipinski definition) is 1. The Hall–Kier alpha value is -1.18. The Morgan fingerprint density at radius 2 is 2.07 bits per heavy atom. The average molecular weight is 191 g/mol. The molecule has 14 heavy (non-hydrogen) atoms. The normalized spacial score (nSPS) is 15.9. The maximum absolute atomic E-state index is 5.94. The van der Waals surface area contributed by atoms with Gasteiger partial charge in [-0.05, 0) is 30.4 Å². The number of nitrogens with two attached hydrogens (primary N) is 1. The van der Waals surface area contributed by atoms with Gasteiger partial charge in [0.1, 0.15) is 5.75 Å². The smallest absolute Gasteiger partial charge is 0.121 e. The predicted octanol–water partition coefficient (Wildman–Crippen LogP) is 2.93. The minimum atomic E-state index is 0.444. The van der Waals surface area contributed by atoms with Crippen LogP contribution >= 0.6 is 0 Å². The SMILES string of the molecule is CC(C)c1ccc(OC2CC2)cc1N. The molecular weight excluding hydrogens is 174 g/mol. The Morgan fingerprint density at radius 1 is 1.36 bits per heavy atom. The average Bonchev–Trinajstić information content (AvgIpc) is 2.87. The Morgan fingerprint density at radius 3 is 2.57 bits per heavy atom. The van der Waals surface area contributed by atoms with Crippen molar-refractivity contribution >= 4 is 5.69 Å². The molecule has 76 valence electrons. The summed E-state index contributed by atoms with van der Waals surface area (Å²) in [5.74, 6) is 1.39. The first-order valence-corrected chi connectivity index (χ1v) is 5.23. The molecule has 1 aliphatic rings. The lowest BCUT2D eigenvalue weighted by molar-refractivity contribution is 0.303. The Kier molecular flexibility index (Phi) is 2.36. The highest BCUT2D eigenvalue weighted by atomic mass is 16.5. The molecule has 0 heterocycles. The zero-order valence-corrected chi connectivity index (χ0v) is 8.79. The van der Waals surface area contributed by atoms with E-state index in [-0.39, 0.29) is 0 Å². The molecule has 0 amide bonds. The van der Waals surface area contributed by atoms with E-state index < -0.39 is 0 Å². The largest absolute Gasteiger partial charge is 0.490 e. The van der Waals surface area contributed by atoms with Crippen molar-refractivity contribution in [3.63, 3.8) is 0 Å². The van der Waals surface area contributed by atoms with Crippen molar-refractivity contribution in [1.29, 1.82) is 0 Å². The van der Waals surface area contributed by atoms with Gasteiger partial charge in [0.05, 0.1) is 6.10 Å². The maximum atomic E-state index is 5.94. The minimum Gasteiger partial charge on any atom is -0.490 e. The van der Waals surface area contributed by atoms with E-state index in [1.807, 2.05) is 12.1 Å². The topological polar surface area (TPSA) is 35.2 Å². The Bertz CT molecular complexity index is 329. The third kappa shape index (κ3) is 2.00. The fraction of sp³-hybridized carbons (Fsp3) is 0.500. The van der Waals surface area contributed by atoms with E-state index in [9.17, 15) is 0 Å². The van der Waals surface area contributed by atoms with Gasteiger partial charge < -0.3 is 10.5 Å². The first kappa shape index (κ1) is 9.38. The number of ether oxygens (including phenoxy) is 1. The highest BCUT2D eigenvalue weighted by molar-refractivity contribution is 5.52. The molecule has 1 fully saturated rings. The lowest BCUT2D eigenvalue weighted by Crippen LogP contribution is -2.00. The van der Waals surface area contributed by atoms with E-state index in [2.05, 4.69) is 19.9 Å². The van der Waals surface area contributed by atoms with Crippen LogP contribution in [0.4, 0.5) is 5.69 Å². The van der Waals surface area contributed by atoms with Crippen LogP contribution in [0.5, 0.6) is 5.75 Å². The number of anilines is 1. The summed E-state index contributed by atoms with van der Waals surface area (Å²) >= 11 is 0. The van der Waals surface area contributed by atoms with Crippen LogP contribution < -0.4 is 10.5 Å². The molecule has 1 aromatic rings. The molecule has 2 nitrogen and oxygen atoms in total. The molecule has 2 heteroatoms. The number of nitrogen functional groups attached to an aromatic ring is 1. The second kappa shape index (κ2) is 3.52. The van der Waals surface area contributed by atoms with Gasteiger partial charge >= 0.3 is 0 Å². The number of benzene rings is 1. The summed E-state index contributed by atoms with van der Waals surface area (Å²) in [7, 11) is 0. The van der Waals surface area contributed by atoms with Crippen molar-refractivity contribution in [3.8, 4) is 5.75 Å². The van der Waals surface area contributed by atoms with Crippen LogP contribution in [0, 0.1) is 0 Å². The van der Waals surface area contributed by atoms with Crippen molar-refractivity contribution in [2.75, 3.05) is 5.73 Å². The zero-order chi connectivity index (χ0) is 10.1. The third-order valence-corrected chi connectivity index (χ3v) is 2.51. The first-order chi connectivity index (χ1) is 6.66. The molecule has 1 aliphatic carbocycles. The van der Waals surface area contributed by atoms with Gasteiger partial charge in [0, 0.05) is 11.8 Å². The summed E-state index contributed by atoms with van der Waals surface area (Å²) in [6.45, 7) is 4.29. The van der Waals surface area contributed by atoms with E-state index in [0.29, 0.717) is 12.0 Å². The van der Waals surface area contributed by atoms with Gasteiger partial charge in [0.15, 0.2) is 0 Å². The molecule has 0 bridgehead atoms. The van der Waals surface area contributed by atoms with Gasteiger partial charge in [-0.2, -0.15) is 0 Å². The second-order valence-electron chi connectivity index (χ2n) is 4.26. The monoisotopic (exact) mass is 191 g/mol.